The van der Waals surface area contributed by atoms with Gasteiger partial charge in [0.25, 0.3) is 0 Å². The predicted octanol–water partition coefficient (Wildman–Crippen LogP) is 7.21. The summed E-state index contributed by atoms with van der Waals surface area (Å²) in [6, 6.07) is 48.9. The van der Waals surface area contributed by atoms with Crippen molar-refractivity contribution in [3.05, 3.63) is 179 Å². The zero-order valence-electron chi connectivity index (χ0n) is 32.3. The number of aliphatic hydroxyl groups is 1. The van der Waals surface area contributed by atoms with Crippen molar-refractivity contribution >= 4 is 5.97 Å². The zero-order valence-corrected chi connectivity index (χ0v) is 32.3. The van der Waals surface area contributed by atoms with E-state index in [1.54, 1.807) is 0 Å². The van der Waals surface area contributed by atoms with Crippen molar-refractivity contribution < 1.29 is 47.8 Å². The van der Waals surface area contributed by atoms with Crippen molar-refractivity contribution in [1.82, 2.24) is 0 Å². The van der Waals surface area contributed by atoms with Gasteiger partial charge in [0.1, 0.15) is 30.5 Å². The van der Waals surface area contributed by atoms with Crippen molar-refractivity contribution in [3.63, 3.8) is 0 Å². The summed E-state index contributed by atoms with van der Waals surface area (Å²) in [6.07, 6.45) is -5.68. The third-order valence-corrected chi connectivity index (χ3v) is 9.49. The van der Waals surface area contributed by atoms with Crippen molar-refractivity contribution in [3.8, 4) is 0 Å². The maximum Gasteiger partial charge on any atom is 0.303 e. The van der Waals surface area contributed by atoms with Gasteiger partial charge < -0.3 is 43.0 Å². The fraction of sp³-hybridized carbons (Fsp3) is 0.340. The molecule has 1 aliphatic rings. The van der Waals surface area contributed by atoms with E-state index in [1.807, 2.05) is 152 Å². The monoisotopic (exact) mass is 776 g/mol. The molecule has 0 spiro atoms. The molecule has 4 unspecified atom stereocenters. The summed E-state index contributed by atoms with van der Waals surface area (Å²) in [5.74, 6) is -0.481. The summed E-state index contributed by atoms with van der Waals surface area (Å²) in [6.45, 7) is 2.39. The molecule has 0 amide bonds. The Kier molecular flexibility index (Phi) is 16.8. The minimum absolute atomic E-state index is 0.0439. The Morgan fingerprint density at radius 3 is 1.47 bits per heavy atom. The van der Waals surface area contributed by atoms with Crippen LogP contribution < -0.4 is 0 Å². The first-order valence-electron chi connectivity index (χ1n) is 19.3. The van der Waals surface area contributed by atoms with E-state index in [0.29, 0.717) is 6.61 Å². The molecule has 1 N–H and O–H groups in total. The maximum atomic E-state index is 12.5. The molecule has 0 aliphatic carbocycles. The Balaban J connectivity index is 1.25. The van der Waals surface area contributed by atoms with Crippen molar-refractivity contribution in [2.75, 3.05) is 19.8 Å². The number of benzene rings is 5. The SMILES string of the molecule is CC(=O)O[C@@H]1C(OCc2ccccc2)[C@H](OCC(OCc2ccccc2)C(OCc2ccccc2)C(CO)OCc2ccccc2)O[C@@H]1COCc1ccccc1. The number of hydrogen-bond acceptors (Lipinski definition) is 10. The first-order valence-corrected chi connectivity index (χ1v) is 19.3. The molecule has 300 valence electrons. The maximum absolute atomic E-state index is 12.5. The van der Waals surface area contributed by atoms with E-state index in [9.17, 15) is 9.90 Å². The second-order valence-corrected chi connectivity index (χ2v) is 13.8. The van der Waals surface area contributed by atoms with Crippen LogP contribution in [0.15, 0.2) is 152 Å². The second-order valence-electron chi connectivity index (χ2n) is 13.8. The molecule has 0 bridgehead atoms. The molecule has 57 heavy (non-hydrogen) atoms. The van der Waals surface area contributed by atoms with Crippen molar-refractivity contribution in [1.29, 1.82) is 0 Å². The van der Waals surface area contributed by atoms with Gasteiger partial charge >= 0.3 is 5.97 Å². The number of hydrogen-bond donors (Lipinski definition) is 1. The Morgan fingerprint density at radius 1 is 0.561 bits per heavy atom. The topological polar surface area (TPSA) is 111 Å². The summed E-state index contributed by atoms with van der Waals surface area (Å²) in [4.78, 5) is 12.5. The standard InChI is InChI=1S/C47H52O10/c1-35(49)56-45-43(33-50-28-36-17-7-2-8-18-36)57-47(46(45)54-32-40-25-15-6-16-26-40)55-34-42(52-30-38-21-11-4-12-22-38)44(53-31-39-23-13-5-14-24-39)41(27-48)51-29-37-19-9-3-10-20-37/h2-26,41-48H,27-34H2,1H3/t41?,42?,43-,44?,45+,46?,47-/m1/s1. The lowest BCUT2D eigenvalue weighted by Gasteiger charge is -2.34. The van der Waals surface area contributed by atoms with Crippen LogP contribution in [0.5, 0.6) is 0 Å². The molecule has 5 aromatic carbocycles. The number of rotatable bonds is 23. The Labute approximate surface area is 335 Å². The van der Waals surface area contributed by atoms with E-state index in [-0.39, 0.29) is 46.2 Å². The zero-order chi connectivity index (χ0) is 39.5. The van der Waals surface area contributed by atoms with E-state index in [4.69, 9.17) is 37.9 Å². The van der Waals surface area contributed by atoms with Gasteiger partial charge in [0.15, 0.2) is 12.4 Å². The molecular formula is C47H52O10. The minimum Gasteiger partial charge on any atom is -0.457 e. The van der Waals surface area contributed by atoms with E-state index in [2.05, 4.69) is 0 Å². The van der Waals surface area contributed by atoms with Crippen LogP contribution in [0, 0.1) is 0 Å². The third kappa shape index (κ3) is 13.4. The van der Waals surface area contributed by atoms with Crippen LogP contribution in [-0.4, -0.2) is 73.8 Å². The van der Waals surface area contributed by atoms with E-state index in [0.717, 1.165) is 27.8 Å². The fourth-order valence-electron chi connectivity index (χ4n) is 6.56. The lowest BCUT2D eigenvalue weighted by molar-refractivity contribution is -0.223. The third-order valence-electron chi connectivity index (χ3n) is 9.49. The largest absolute Gasteiger partial charge is 0.457 e. The molecule has 10 nitrogen and oxygen atoms in total. The van der Waals surface area contributed by atoms with Gasteiger partial charge in [-0.3, -0.25) is 4.79 Å². The van der Waals surface area contributed by atoms with Crippen LogP contribution in [0.3, 0.4) is 0 Å². The molecular weight excluding hydrogens is 725 g/mol. The molecule has 1 aliphatic heterocycles. The van der Waals surface area contributed by atoms with Gasteiger partial charge in [-0.1, -0.05) is 152 Å². The lowest BCUT2D eigenvalue weighted by atomic mass is 10.1. The number of carbonyl (C=O) groups is 1. The molecule has 6 rings (SSSR count). The molecule has 0 radical (unpaired) electrons. The average molecular weight is 777 g/mol. The smallest absolute Gasteiger partial charge is 0.303 e. The van der Waals surface area contributed by atoms with Gasteiger partial charge in [-0.25, -0.2) is 0 Å². The summed E-state index contributed by atoms with van der Waals surface area (Å²) in [7, 11) is 0. The molecule has 1 fully saturated rings. The van der Waals surface area contributed by atoms with Crippen LogP contribution in [0.25, 0.3) is 0 Å². The predicted molar refractivity (Wildman–Crippen MR) is 213 cm³/mol. The summed E-state index contributed by atoms with van der Waals surface area (Å²) in [5, 5.41) is 10.8. The Bertz CT molecular complexity index is 1830. The molecule has 1 saturated heterocycles. The molecule has 0 aromatic heterocycles. The fourth-order valence-corrected chi connectivity index (χ4v) is 6.56. The van der Waals surface area contributed by atoms with Gasteiger partial charge in [0.05, 0.1) is 52.9 Å². The molecule has 0 saturated carbocycles. The minimum atomic E-state index is -0.987. The van der Waals surface area contributed by atoms with Gasteiger partial charge in [-0.05, 0) is 27.8 Å². The molecule has 5 aromatic rings. The normalized spacial score (nSPS) is 19.5. The average Bonchev–Trinajstić information content (AvgIpc) is 3.57. The number of aliphatic hydroxyl groups excluding tert-OH is 1. The lowest BCUT2D eigenvalue weighted by Crippen LogP contribution is -2.48. The highest BCUT2D eigenvalue weighted by molar-refractivity contribution is 5.66. The molecule has 1 heterocycles. The highest BCUT2D eigenvalue weighted by Gasteiger charge is 2.49. The van der Waals surface area contributed by atoms with Gasteiger partial charge in [0.2, 0.25) is 0 Å². The van der Waals surface area contributed by atoms with Crippen LogP contribution in [0.1, 0.15) is 34.7 Å². The quantitative estimate of drug-likeness (QED) is 0.0684. The van der Waals surface area contributed by atoms with Crippen LogP contribution in [-0.2, 0) is 75.7 Å². The first kappa shape index (κ1) is 41.9. The van der Waals surface area contributed by atoms with Crippen LogP contribution >= 0.6 is 0 Å². The van der Waals surface area contributed by atoms with Gasteiger partial charge in [0, 0.05) is 6.92 Å². The van der Waals surface area contributed by atoms with E-state index in [1.165, 1.54) is 6.92 Å². The molecule has 10 heteroatoms. The van der Waals surface area contributed by atoms with Crippen molar-refractivity contribution in [2.45, 2.75) is 82.9 Å². The highest BCUT2D eigenvalue weighted by atomic mass is 16.7. The number of carbonyl (C=O) groups excluding carboxylic acids is 1. The number of ether oxygens (including phenoxy) is 8. The van der Waals surface area contributed by atoms with Crippen LogP contribution in [0.4, 0.5) is 0 Å². The van der Waals surface area contributed by atoms with E-state index < -0.39 is 48.9 Å². The Hall–Kier alpha value is -4.75. The van der Waals surface area contributed by atoms with Gasteiger partial charge in [-0.15, -0.1) is 0 Å². The number of esters is 1. The summed E-state index contributed by atoms with van der Waals surface area (Å²) >= 11 is 0. The second kappa shape index (κ2) is 22.9. The van der Waals surface area contributed by atoms with Crippen molar-refractivity contribution in [2.24, 2.45) is 0 Å². The summed E-state index contributed by atoms with van der Waals surface area (Å²) in [5.41, 5.74) is 4.77. The first-order chi connectivity index (χ1) is 28.1. The van der Waals surface area contributed by atoms with Gasteiger partial charge in [-0.2, -0.15) is 0 Å². The summed E-state index contributed by atoms with van der Waals surface area (Å²) < 4.78 is 51.1. The molecule has 7 atom stereocenters. The highest BCUT2D eigenvalue weighted by Crippen LogP contribution is 2.30. The Morgan fingerprint density at radius 2 is 1.00 bits per heavy atom. The van der Waals surface area contributed by atoms with Crippen LogP contribution in [0.2, 0.25) is 0 Å². The van der Waals surface area contributed by atoms with E-state index >= 15 is 0 Å².